The molecule has 1 aromatic carbocycles. The summed E-state index contributed by atoms with van der Waals surface area (Å²) in [5, 5.41) is 0.908. The number of carbonyl (C=O) groups is 1. The van der Waals surface area contributed by atoms with Gasteiger partial charge in [0.15, 0.2) is 5.75 Å². The second kappa shape index (κ2) is 3.70. The van der Waals surface area contributed by atoms with Crippen LogP contribution in [0.25, 0.3) is 10.9 Å². The van der Waals surface area contributed by atoms with Crippen molar-refractivity contribution in [2.24, 2.45) is 0 Å². The first-order valence-corrected chi connectivity index (χ1v) is 5.34. The molecule has 0 fully saturated rings. The van der Waals surface area contributed by atoms with E-state index in [-0.39, 0.29) is 5.97 Å². The van der Waals surface area contributed by atoms with Gasteiger partial charge in [0.1, 0.15) is 0 Å². The van der Waals surface area contributed by atoms with Gasteiger partial charge >= 0.3 is 5.97 Å². The third-order valence-corrected chi connectivity index (χ3v) is 2.81. The van der Waals surface area contributed by atoms with E-state index >= 15 is 0 Å². The number of aromatic amines is 1. The highest BCUT2D eigenvalue weighted by Crippen LogP contribution is 2.35. The van der Waals surface area contributed by atoms with E-state index in [4.69, 9.17) is 4.74 Å². The molecule has 0 spiro atoms. The minimum atomic E-state index is -0.310. The van der Waals surface area contributed by atoms with E-state index in [9.17, 15) is 4.79 Å². The van der Waals surface area contributed by atoms with E-state index in [0.717, 1.165) is 21.1 Å². The summed E-state index contributed by atoms with van der Waals surface area (Å²) in [5.41, 5.74) is 1.81. The fourth-order valence-electron chi connectivity index (χ4n) is 1.58. The number of benzene rings is 1. The zero-order chi connectivity index (χ0) is 11.0. The molecule has 1 heterocycles. The summed E-state index contributed by atoms with van der Waals surface area (Å²) in [6, 6.07) is 5.79. The maximum absolute atomic E-state index is 11.0. The van der Waals surface area contributed by atoms with Crippen molar-refractivity contribution < 1.29 is 9.53 Å². The second-order valence-corrected chi connectivity index (χ2v) is 4.19. The molecule has 78 valence electrons. The van der Waals surface area contributed by atoms with Crippen molar-refractivity contribution in [2.45, 2.75) is 13.8 Å². The molecular formula is C11H10BrNO2. The molecule has 0 unspecified atom stereocenters. The summed E-state index contributed by atoms with van der Waals surface area (Å²) in [4.78, 5) is 14.1. The van der Waals surface area contributed by atoms with E-state index in [1.54, 1.807) is 0 Å². The van der Waals surface area contributed by atoms with Crippen molar-refractivity contribution in [3.8, 4) is 5.75 Å². The van der Waals surface area contributed by atoms with Crippen LogP contribution in [0.2, 0.25) is 0 Å². The zero-order valence-electron chi connectivity index (χ0n) is 8.43. The number of halogens is 1. The third kappa shape index (κ3) is 1.77. The quantitative estimate of drug-likeness (QED) is 0.807. The number of carbonyl (C=O) groups excluding carboxylic acids is 1. The Kier molecular flexibility index (Phi) is 2.52. The first-order valence-electron chi connectivity index (χ1n) is 4.55. The SMILES string of the molecule is CC(=O)Oc1c(C)[nH]c2cccc(Br)c12. The monoisotopic (exact) mass is 267 g/mol. The van der Waals surface area contributed by atoms with Crippen LogP contribution in [0.4, 0.5) is 0 Å². The lowest BCUT2D eigenvalue weighted by molar-refractivity contribution is -0.131. The Hall–Kier alpha value is -1.29. The van der Waals surface area contributed by atoms with Crippen LogP contribution >= 0.6 is 15.9 Å². The van der Waals surface area contributed by atoms with Gasteiger partial charge in [-0.3, -0.25) is 4.79 Å². The van der Waals surface area contributed by atoms with Gasteiger partial charge in [0.2, 0.25) is 0 Å². The first-order chi connectivity index (χ1) is 7.09. The van der Waals surface area contributed by atoms with Crippen molar-refractivity contribution in [3.63, 3.8) is 0 Å². The highest BCUT2D eigenvalue weighted by molar-refractivity contribution is 9.10. The fraction of sp³-hybridized carbons (Fsp3) is 0.182. The van der Waals surface area contributed by atoms with Crippen LogP contribution < -0.4 is 4.74 Å². The molecule has 15 heavy (non-hydrogen) atoms. The summed E-state index contributed by atoms with van der Waals surface area (Å²) in [6.45, 7) is 3.28. The van der Waals surface area contributed by atoms with Gasteiger partial charge in [-0.25, -0.2) is 0 Å². The molecule has 0 aliphatic heterocycles. The van der Waals surface area contributed by atoms with Gasteiger partial charge < -0.3 is 9.72 Å². The molecule has 2 rings (SSSR count). The van der Waals surface area contributed by atoms with Gasteiger partial charge in [0.05, 0.1) is 16.6 Å². The van der Waals surface area contributed by atoms with Crippen molar-refractivity contribution >= 4 is 32.8 Å². The Morgan fingerprint density at radius 1 is 1.47 bits per heavy atom. The highest BCUT2D eigenvalue weighted by atomic mass is 79.9. The number of rotatable bonds is 1. The smallest absolute Gasteiger partial charge is 0.308 e. The maximum atomic E-state index is 11.0. The molecule has 0 amide bonds. The molecule has 1 N–H and O–H groups in total. The van der Waals surface area contributed by atoms with Crippen molar-refractivity contribution in [1.82, 2.24) is 4.98 Å². The van der Waals surface area contributed by atoms with E-state index in [2.05, 4.69) is 20.9 Å². The Bertz CT molecular complexity index is 531. The molecule has 0 saturated carbocycles. The minimum Gasteiger partial charge on any atom is -0.424 e. The molecule has 1 aromatic heterocycles. The van der Waals surface area contributed by atoms with E-state index in [0.29, 0.717) is 5.75 Å². The normalized spacial score (nSPS) is 10.6. The Balaban J connectivity index is 2.71. The largest absolute Gasteiger partial charge is 0.424 e. The number of nitrogens with one attached hydrogen (secondary N) is 1. The standard InChI is InChI=1S/C11H10BrNO2/c1-6-11(15-7(2)14)10-8(12)4-3-5-9(10)13-6/h3-5,13H,1-2H3. The van der Waals surface area contributed by atoms with E-state index < -0.39 is 0 Å². The van der Waals surface area contributed by atoms with Crippen molar-refractivity contribution in [3.05, 3.63) is 28.4 Å². The molecule has 0 aliphatic rings. The molecular weight excluding hydrogens is 258 g/mol. The lowest BCUT2D eigenvalue weighted by atomic mass is 10.2. The van der Waals surface area contributed by atoms with E-state index in [1.807, 2.05) is 25.1 Å². The first kappa shape index (κ1) is 10.2. The Labute approximate surface area is 95.6 Å². The lowest BCUT2D eigenvalue weighted by Crippen LogP contribution is -2.01. The van der Waals surface area contributed by atoms with Crippen LogP contribution in [-0.2, 0) is 4.79 Å². The topological polar surface area (TPSA) is 42.1 Å². The minimum absolute atomic E-state index is 0.310. The zero-order valence-corrected chi connectivity index (χ0v) is 10.0. The number of aromatic nitrogens is 1. The molecule has 0 radical (unpaired) electrons. The number of hydrogen-bond donors (Lipinski definition) is 1. The summed E-state index contributed by atoms with van der Waals surface area (Å²) < 4.78 is 6.10. The summed E-state index contributed by atoms with van der Waals surface area (Å²) in [7, 11) is 0. The van der Waals surface area contributed by atoms with Crippen LogP contribution in [0.3, 0.4) is 0 Å². The van der Waals surface area contributed by atoms with Crippen LogP contribution in [0.15, 0.2) is 22.7 Å². The highest BCUT2D eigenvalue weighted by Gasteiger charge is 2.13. The molecule has 2 aromatic rings. The van der Waals surface area contributed by atoms with Crippen LogP contribution in [0.5, 0.6) is 5.75 Å². The average molecular weight is 268 g/mol. The summed E-state index contributed by atoms with van der Waals surface area (Å²) in [6.07, 6.45) is 0. The van der Waals surface area contributed by atoms with Gasteiger partial charge in [-0.1, -0.05) is 6.07 Å². The predicted octanol–water partition coefficient (Wildman–Crippen LogP) is 3.16. The maximum Gasteiger partial charge on any atom is 0.308 e. The molecule has 0 bridgehead atoms. The van der Waals surface area contributed by atoms with Gasteiger partial charge in [0.25, 0.3) is 0 Å². The molecule has 0 saturated heterocycles. The lowest BCUT2D eigenvalue weighted by Gasteiger charge is -2.01. The van der Waals surface area contributed by atoms with Crippen LogP contribution in [-0.4, -0.2) is 11.0 Å². The predicted molar refractivity (Wildman–Crippen MR) is 62.0 cm³/mol. The second-order valence-electron chi connectivity index (χ2n) is 3.34. The number of aryl methyl sites for hydroxylation is 1. The van der Waals surface area contributed by atoms with Gasteiger partial charge in [-0.05, 0) is 35.0 Å². The molecule has 0 aliphatic carbocycles. The van der Waals surface area contributed by atoms with Crippen LogP contribution in [0.1, 0.15) is 12.6 Å². The third-order valence-electron chi connectivity index (χ3n) is 2.15. The molecule has 3 nitrogen and oxygen atoms in total. The van der Waals surface area contributed by atoms with E-state index in [1.165, 1.54) is 6.92 Å². The van der Waals surface area contributed by atoms with Crippen molar-refractivity contribution in [2.75, 3.05) is 0 Å². The van der Waals surface area contributed by atoms with Crippen molar-refractivity contribution in [1.29, 1.82) is 0 Å². The summed E-state index contributed by atoms with van der Waals surface area (Å²) in [5.74, 6) is 0.291. The number of ether oxygens (including phenoxy) is 1. The number of H-pyrrole nitrogens is 1. The Morgan fingerprint density at radius 2 is 2.20 bits per heavy atom. The Morgan fingerprint density at radius 3 is 2.87 bits per heavy atom. The number of esters is 1. The molecule has 0 atom stereocenters. The average Bonchev–Trinajstić information content (AvgIpc) is 2.43. The van der Waals surface area contributed by atoms with Gasteiger partial charge in [-0.2, -0.15) is 0 Å². The van der Waals surface area contributed by atoms with Crippen LogP contribution in [0, 0.1) is 6.92 Å². The molecule has 4 heteroatoms. The van der Waals surface area contributed by atoms with Gasteiger partial charge in [-0.15, -0.1) is 0 Å². The number of fused-ring (bicyclic) bond motifs is 1. The fourth-order valence-corrected chi connectivity index (χ4v) is 2.12. The number of hydrogen-bond acceptors (Lipinski definition) is 2. The summed E-state index contributed by atoms with van der Waals surface area (Å²) >= 11 is 3.44. The van der Waals surface area contributed by atoms with Gasteiger partial charge in [0, 0.05) is 11.4 Å².